The topological polar surface area (TPSA) is 47.3 Å². The molecule has 0 saturated heterocycles. The molecule has 0 atom stereocenters. The third-order valence-electron chi connectivity index (χ3n) is 1.91. The molecule has 5 heteroatoms. The summed E-state index contributed by atoms with van der Waals surface area (Å²) in [6, 6.07) is 3.94. The van der Waals surface area contributed by atoms with Gasteiger partial charge in [-0.05, 0) is 6.07 Å². The van der Waals surface area contributed by atoms with Crippen LogP contribution in [0, 0.1) is 0 Å². The maximum absolute atomic E-state index is 11.5. The molecule has 0 spiro atoms. The number of carbonyl (C=O) groups is 1. The molecular weight excluding hydrogens is 239 g/mol. The Balaban J connectivity index is 2.92. The van der Waals surface area contributed by atoms with E-state index in [0.717, 1.165) is 6.07 Å². The highest BCUT2D eigenvalue weighted by Gasteiger charge is 2.07. The van der Waals surface area contributed by atoms with Crippen molar-refractivity contribution in [3.63, 3.8) is 0 Å². The number of hydrogen-bond donors (Lipinski definition) is 0. The Morgan fingerprint density at radius 2 is 1.80 bits per heavy atom. The van der Waals surface area contributed by atoms with Gasteiger partial charge in [0, 0.05) is 12.1 Å². The summed E-state index contributed by atoms with van der Waals surface area (Å²) in [6.07, 6.45) is 0.462. The van der Waals surface area contributed by atoms with Gasteiger partial charge in [-0.25, -0.2) is 0 Å². The maximum atomic E-state index is 11.5. The summed E-state index contributed by atoms with van der Waals surface area (Å²) in [6.45, 7) is 0. The number of hydrogen-bond acceptors (Lipinski definition) is 3. The predicted octanol–water partition coefficient (Wildman–Crippen LogP) is 2.91. The minimum Gasteiger partial charge on any atom is -0.453 e. The van der Waals surface area contributed by atoms with Crippen molar-refractivity contribution in [2.45, 2.75) is 0 Å². The van der Waals surface area contributed by atoms with Crippen LogP contribution in [-0.2, 0) is 0 Å². The van der Waals surface area contributed by atoms with Crippen molar-refractivity contribution < 1.29 is 9.21 Å². The lowest BCUT2D eigenvalue weighted by Gasteiger charge is -2.00. The van der Waals surface area contributed by atoms with Gasteiger partial charge in [-0.3, -0.25) is 9.59 Å². The van der Waals surface area contributed by atoms with E-state index in [9.17, 15) is 9.59 Å². The summed E-state index contributed by atoms with van der Waals surface area (Å²) >= 11 is 11.5. The number of rotatable bonds is 1. The lowest BCUT2D eigenvalue weighted by atomic mass is 10.2. The first-order chi connectivity index (χ1) is 7.11. The van der Waals surface area contributed by atoms with Gasteiger partial charge in [0.25, 0.3) is 0 Å². The van der Waals surface area contributed by atoms with E-state index in [0.29, 0.717) is 11.7 Å². The molecule has 0 saturated carbocycles. The van der Waals surface area contributed by atoms with E-state index in [-0.39, 0.29) is 26.8 Å². The number of fused-ring (bicyclic) bond motifs is 1. The van der Waals surface area contributed by atoms with Crippen LogP contribution in [0.1, 0.15) is 10.6 Å². The fourth-order valence-corrected chi connectivity index (χ4v) is 1.54. The van der Waals surface area contributed by atoms with Gasteiger partial charge >= 0.3 is 0 Å². The summed E-state index contributed by atoms with van der Waals surface area (Å²) in [7, 11) is 0. The fourth-order valence-electron chi connectivity index (χ4n) is 1.23. The first-order valence-electron chi connectivity index (χ1n) is 4.00. The number of aldehydes is 1. The molecule has 0 fully saturated rings. The van der Waals surface area contributed by atoms with E-state index >= 15 is 0 Å². The monoisotopic (exact) mass is 242 g/mol. The Labute approximate surface area is 94.2 Å². The Bertz CT molecular complexity index is 601. The molecule has 0 N–H and O–H groups in total. The minimum atomic E-state index is -0.322. The zero-order chi connectivity index (χ0) is 11.0. The van der Waals surface area contributed by atoms with Crippen LogP contribution in [0.3, 0.4) is 0 Å². The summed E-state index contributed by atoms with van der Waals surface area (Å²) < 4.78 is 5.12. The van der Waals surface area contributed by atoms with Gasteiger partial charge < -0.3 is 4.42 Å². The first kappa shape index (κ1) is 10.2. The van der Waals surface area contributed by atoms with Gasteiger partial charge in [0.2, 0.25) is 0 Å². The van der Waals surface area contributed by atoms with Crippen LogP contribution in [0.15, 0.2) is 27.4 Å². The summed E-state index contributed by atoms with van der Waals surface area (Å²) in [4.78, 5) is 22.0. The molecule has 76 valence electrons. The van der Waals surface area contributed by atoms with Gasteiger partial charge in [0.1, 0.15) is 5.58 Å². The molecule has 1 aromatic carbocycles. The molecule has 0 amide bonds. The van der Waals surface area contributed by atoms with E-state index < -0.39 is 0 Å². The van der Waals surface area contributed by atoms with E-state index in [4.69, 9.17) is 27.6 Å². The molecular formula is C10H4Cl2O3. The van der Waals surface area contributed by atoms with Crippen LogP contribution in [-0.4, -0.2) is 6.29 Å². The Kier molecular flexibility index (Phi) is 2.50. The molecule has 0 radical (unpaired) electrons. The Hall–Kier alpha value is -1.32. The van der Waals surface area contributed by atoms with Crippen LogP contribution < -0.4 is 5.43 Å². The van der Waals surface area contributed by atoms with Crippen LogP contribution in [0.25, 0.3) is 11.0 Å². The molecule has 0 bridgehead atoms. The fraction of sp³-hybridized carbons (Fsp3) is 0. The summed E-state index contributed by atoms with van der Waals surface area (Å²) in [5.41, 5.74) is -0.0732. The smallest absolute Gasteiger partial charge is 0.193 e. The van der Waals surface area contributed by atoms with Crippen molar-refractivity contribution in [1.82, 2.24) is 0 Å². The van der Waals surface area contributed by atoms with Crippen molar-refractivity contribution in [1.29, 1.82) is 0 Å². The van der Waals surface area contributed by atoms with E-state index in [1.54, 1.807) is 0 Å². The molecule has 0 unspecified atom stereocenters. The third kappa shape index (κ3) is 1.76. The van der Waals surface area contributed by atoms with Gasteiger partial charge in [-0.1, -0.05) is 23.2 Å². The zero-order valence-electron chi connectivity index (χ0n) is 7.29. The average molecular weight is 243 g/mol. The van der Waals surface area contributed by atoms with Gasteiger partial charge in [-0.2, -0.15) is 0 Å². The highest BCUT2D eigenvalue weighted by Crippen LogP contribution is 2.26. The highest BCUT2D eigenvalue weighted by atomic mass is 35.5. The second-order valence-corrected chi connectivity index (χ2v) is 3.71. The van der Waals surface area contributed by atoms with Crippen LogP contribution in [0.5, 0.6) is 0 Å². The van der Waals surface area contributed by atoms with Crippen LogP contribution >= 0.6 is 23.2 Å². The molecule has 2 rings (SSSR count). The van der Waals surface area contributed by atoms with Gasteiger partial charge in [0.05, 0.1) is 15.4 Å². The second kappa shape index (κ2) is 3.68. The molecule has 0 aliphatic carbocycles. The van der Waals surface area contributed by atoms with E-state index in [1.165, 1.54) is 12.1 Å². The summed E-state index contributed by atoms with van der Waals surface area (Å²) in [5, 5.41) is 0.848. The van der Waals surface area contributed by atoms with Crippen molar-refractivity contribution in [2.75, 3.05) is 0 Å². The van der Waals surface area contributed by atoms with E-state index in [2.05, 4.69) is 0 Å². The average Bonchev–Trinajstić information content (AvgIpc) is 2.21. The molecule has 0 aliphatic heterocycles. The number of benzene rings is 1. The van der Waals surface area contributed by atoms with Crippen LogP contribution in [0.2, 0.25) is 10.0 Å². The molecule has 3 nitrogen and oxygen atoms in total. The van der Waals surface area contributed by atoms with Gasteiger partial charge in [-0.15, -0.1) is 0 Å². The summed E-state index contributed by atoms with van der Waals surface area (Å²) in [5.74, 6) is -0.0362. The van der Waals surface area contributed by atoms with Gasteiger partial charge in [0.15, 0.2) is 17.5 Å². The molecule has 2 aromatic rings. The third-order valence-corrected chi connectivity index (χ3v) is 2.63. The molecule has 0 aliphatic rings. The molecule has 1 heterocycles. The first-order valence-corrected chi connectivity index (χ1v) is 4.75. The Morgan fingerprint density at radius 1 is 1.13 bits per heavy atom. The van der Waals surface area contributed by atoms with Crippen molar-refractivity contribution >= 4 is 40.5 Å². The predicted molar refractivity (Wildman–Crippen MR) is 57.9 cm³/mol. The maximum Gasteiger partial charge on any atom is 0.193 e. The molecule has 1 aromatic heterocycles. The lowest BCUT2D eigenvalue weighted by molar-refractivity contribution is 0.110. The lowest BCUT2D eigenvalue weighted by Crippen LogP contribution is -2.01. The number of carbonyl (C=O) groups excluding carboxylic acids is 1. The normalized spacial score (nSPS) is 10.5. The SMILES string of the molecule is O=Cc1cc(=O)c2cc(Cl)c(Cl)cc2o1. The quantitative estimate of drug-likeness (QED) is 0.723. The standard InChI is InChI=1S/C10H4Cl2O3/c11-7-2-6-9(14)1-5(4-13)15-10(6)3-8(7)12/h1-4H. The van der Waals surface area contributed by atoms with Crippen molar-refractivity contribution in [3.05, 3.63) is 44.2 Å². The van der Waals surface area contributed by atoms with E-state index in [1.807, 2.05) is 0 Å². The van der Waals surface area contributed by atoms with Crippen molar-refractivity contribution in [3.8, 4) is 0 Å². The second-order valence-electron chi connectivity index (χ2n) is 2.89. The van der Waals surface area contributed by atoms with Crippen molar-refractivity contribution in [2.24, 2.45) is 0 Å². The largest absolute Gasteiger partial charge is 0.453 e. The minimum absolute atomic E-state index is 0.0362. The van der Waals surface area contributed by atoms with Crippen LogP contribution in [0.4, 0.5) is 0 Å². The Morgan fingerprint density at radius 3 is 2.47 bits per heavy atom. The number of halogens is 2. The molecule has 15 heavy (non-hydrogen) atoms. The zero-order valence-corrected chi connectivity index (χ0v) is 8.80. The highest BCUT2D eigenvalue weighted by molar-refractivity contribution is 6.42.